The van der Waals surface area contributed by atoms with Crippen LogP contribution in [-0.4, -0.2) is 24.3 Å². The molecule has 0 aliphatic carbocycles. The van der Waals surface area contributed by atoms with Crippen molar-refractivity contribution in [3.8, 4) is 0 Å². The van der Waals surface area contributed by atoms with Crippen LogP contribution >= 0.6 is 0 Å². The average Bonchev–Trinajstić information content (AvgIpc) is 2.40. The fourth-order valence-corrected chi connectivity index (χ4v) is 3.46. The van der Waals surface area contributed by atoms with Gasteiger partial charge in [-0.15, -0.1) is 0 Å². The summed E-state index contributed by atoms with van der Waals surface area (Å²) in [5.41, 5.74) is -1.18. The van der Waals surface area contributed by atoms with Crippen LogP contribution in [0.5, 0.6) is 0 Å². The highest BCUT2D eigenvalue weighted by atomic mass is 32.2. The minimum atomic E-state index is -3.56. The predicted octanol–water partition coefficient (Wildman–Crippen LogP) is 1.76. The molecule has 1 aromatic heterocycles. The first kappa shape index (κ1) is 13.7. The molecule has 0 saturated carbocycles. The van der Waals surface area contributed by atoms with Crippen molar-refractivity contribution in [3.63, 3.8) is 0 Å². The number of sulfone groups is 1. The van der Waals surface area contributed by atoms with Crippen molar-refractivity contribution >= 4 is 9.84 Å². The number of hydrogen-bond acceptors (Lipinski definition) is 4. The van der Waals surface area contributed by atoms with E-state index in [0.717, 1.165) is 0 Å². The Balaban J connectivity index is 2.31. The van der Waals surface area contributed by atoms with Crippen LogP contribution in [0.3, 0.4) is 0 Å². The molecule has 0 aliphatic rings. The van der Waals surface area contributed by atoms with Gasteiger partial charge in [0.25, 0.3) is 0 Å². The van der Waals surface area contributed by atoms with Crippen LogP contribution in [0.1, 0.15) is 12.6 Å². The fraction of sp³-hybridized carbons (Fsp3) is 0.214. The van der Waals surface area contributed by atoms with Gasteiger partial charge in [-0.1, -0.05) is 24.3 Å². The lowest BCUT2D eigenvalue weighted by molar-refractivity contribution is 0.0772. The second-order valence-corrected chi connectivity index (χ2v) is 6.55. The lowest BCUT2D eigenvalue weighted by atomic mass is 10.1. The van der Waals surface area contributed by atoms with Crippen molar-refractivity contribution in [2.75, 3.05) is 5.75 Å². The maximum Gasteiger partial charge on any atom is 0.181 e. The number of benzene rings is 1. The zero-order chi connectivity index (χ0) is 13.9. The van der Waals surface area contributed by atoms with Crippen molar-refractivity contribution in [2.45, 2.75) is 17.4 Å². The van der Waals surface area contributed by atoms with Crippen LogP contribution in [0.15, 0.2) is 59.6 Å². The van der Waals surface area contributed by atoms with Gasteiger partial charge in [-0.2, -0.15) is 0 Å². The minimum Gasteiger partial charge on any atom is -0.383 e. The van der Waals surface area contributed by atoms with Crippen LogP contribution in [0.4, 0.5) is 0 Å². The molecule has 1 unspecified atom stereocenters. The molecule has 0 spiro atoms. The first-order valence-corrected chi connectivity index (χ1v) is 7.49. The molecule has 0 aliphatic heterocycles. The van der Waals surface area contributed by atoms with Gasteiger partial charge in [0.05, 0.1) is 16.3 Å². The summed E-state index contributed by atoms with van der Waals surface area (Å²) >= 11 is 0. The summed E-state index contributed by atoms with van der Waals surface area (Å²) in [6.07, 6.45) is 1.53. The third-order valence-electron chi connectivity index (χ3n) is 2.79. The smallest absolute Gasteiger partial charge is 0.181 e. The van der Waals surface area contributed by atoms with Gasteiger partial charge in [0.2, 0.25) is 0 Å². The number of nitrogens with zero attached hydrogens (tertiary/aromatic N) is 1. The molecule has 1 N–H and O–H groups in total. The SMILES string of the molecule is CC(O)(CS(=O)(=O)c1ccccc1)c1ccccn1. The lowest BCUT2D eigenvalue weighted by Crippen LogP contribution is -2.32. The van der Waals surface area contributed by atoms with Crippen molar-refractivity contribution < 1.29 is 13.5 Å². The summed E-state index contributed by atoms with van der Waals surface area (Å²) in [6.45, 7) is 1.45. The van der Waals surface area contributed by atoms with Crippen LogP contribution in [0.2, 0.25) is 0 Å². The van der Waals surface area contributed by atoms with Crippen molar-refractivity contribution in [2.24, 2.45) is 0 Å². The van der Waals surface area contributed by atoms with E-state index in [1.54, 1.807) is 36.4 Å². The third-order valence-corrected chi connectivity index (χ3v) is 4.72. The zero-order valence-electron chi connectivity index (χ0n) is 10.5. The quantitative estimate of drug-likeness (QED) is 0.924. The predicted molar refractivity (Wildman–Crippen MR) is 72.3 cm³/mol. The molecule has 4 nitrogen and oxygen atoms in total. The Kier molecular flexibility index (Phi) is 3.68. The van der Waals surface area contributed by atoms with Crippen molar-refractivity contribution in [1.82, 2.24) is 4.98 Å². The molecule has 0 saturated heterocycles. The number of rotatable bonds is 4. The summed E-state index contributed by atoms with van der Waals surface area (Å²) in [7, 11) is -3.56. The van der Waals surface area contributed by atoms with E-state index in [1.807, 2.05) is 0 Å². The molecular formula is C14H15NO3S. The Morgan fingerprint density at radius 2 is 1.74 bits per heavy atom. The van der Waals surface area contributed by atoms with Gasteiger partial charge in [-0.25, -0.2) is 8.42 Å². The van der Waals surface area contributed by atoms with E-state index < -0.39 is 21.2 Å². The van der Waals surface area contributed by atoms with E-state index >= 15 is 0 Å². The Morgan fingerprint density at radius 3 is 2.32 bits per heavy atom. The Morgan fingerprint density at radius 1 is 1.11 bits per heavy atom. The molecule has 100 valence electrons. The topological polar surface area (TPSA) is 67.3 Å². The van der Waals surface area contributed by atoms with Gasteiger partial charge in [0, 0.05) is 6.20 Å². The zero-order valence-corrected chi connectivity index (χ0v) is 11.3. The molecule has 5 heteroatoms. The summed E-state index contributed by atoms with van der Waals surface area (Å²) in [5.74, 6) is -0.402. The maximum absolute atomic E-state index is 12.2. The van der Waals surface area contributed by atoms with E-state index in [-0.39, 0.29) is 4.90 Å². The van der Waals surface area contributed by atoms with Gasteiger partial charge < -0.3 is 5.11 Å². The Labute approximate surface area is 112 Å². The van der Waals surface area contributed by atoms with Gasteiger partial charge in [0.15, 0.2) is 9.84 Å². The van der Waals surface area contributed by atoms with Gasteiger partial charge >= 0.3 is 0 Å². The van der Waals surface area contributed by atoms with Gasteiger partial charge in [0.1, 0.15) is 5.60 Å². The minimum absolute atomic E-state index is 0.200. The van der Waals surface area contributed by atoms with E-state index in [2.05, 4.69) is 4.98 Å². The van der Waals surface area contributed by atoms with Crippen molar-refractivity contribution in [1.29, 1.82) is 0 Å². The normalized spacial score (nSPS) is 14.8. The summed E-state index contributed by atoms with van der Waals surface area (Å²) in [5, 5.41) is 10.3. The molecule has 19 heavy (non-hydrogen) atoms. The second-order valence-electron chi connectivity index (χ2n) is 4.56. The average molecular weight is 277 g/mol. The highest BCUT2D eigenvalue weighted by molar-refractivity contribution is 7.91. The van der Waals surface area contributed by atoms with Crippen LogP contribution in [-0.2, 0) is 15.4 Å². The second kappa shape index (κ2) is 5.11. The lowest BCUT2D eigenvalue weighted by Gasteiger charge is -2.22. The third kappa shape index (κ3) is 3.19. The molecular weight excluding hydrogens is 262 g/mol. The number of hydrogen-bond donors (Lipinski definition) is 1. The summed E-state index contributed by atoms with van der Waals surface area (Å²) in [6, 6.07) is 13.1. The van der Waals surface area contributed by atoms with Crippen molar-refractivity contribution in [3.05, 3.63) is 60.4 Å². The molecule has 2 aromatic rings. The van der Waals surface area contributed by atoms with Gasteiger partial charge in [-0.3, -0.25) is 4.98 Å². The molecule has 1 atom stereocenters. The van der Waals surface area contributed by atoms with Gasteiger partial charge in [-0.05, 0) is 31.2 Å². The molecule has 1 aromatic carbocycles. The largest absolute Gasteiger partial charge is 0.383 e. The number of pyridine rings is 1. The molecule has 0 bridgehead atoms. The van der Waals surface area contributed by atoms with Crippen LogP contribution in [0.25, 0.3) is 0 Å². The highest BCUT2D eigenvalue weighted by Crippen LogP contribution is 2.23. The van der Waals surface area contributed by atoms with E-state index in [0.29, 0.717) is 5.69 Å². The molecule has 0 radical (unpaired) electrons. The van der Waals surface area contributed by atoms with Crippen LogP contribution in [0, 0.1) is 0 Å². The molecule has 1 heterocycles. The van der Waals surface area contributed by atoms with Crippen LogP contribution < -0.4 is 0 Å². The number of aromatic nitrogens is 1. The van der Waals surface area contributed by atoms with E-state index in [9.17, 15) is 13.5 Å². The molecule has 2 rings (SSSR count). The maximum atomic E-state index is 12.2. The first-order valence-electron chi connectivity index (χ1n) is 5.83. The van der Waals surface area contributed by atoms with E-state index in [1.165, 1.54) is 25.3 Å². The van der Waals surface area contributed by atoms with E-state index in [4.69, 9.17) is 0 Å². The summed E-state index contributed by atoms with van der Waals surface area (Å²) < 4.78 is 24.5. The first-order chi connectivity index (χ1) is 8.92. The monoisotopic (exact) mass is 277 g/mol. The Hall–Kier alpha value is -1.72. The molecule has 0 fully saturated rings. The molecule has 0 amide bonds. The standard InChI is InChI=1S/C14H15NO3S/c1-14(16,13-9-5-6-10-15-13)11-19(17,18)12-7-3-2-4-8-12/h2-10,16H,11H2,1H3. The Bertz CT molecular complexity index is 637. The summed E-state index contributed by atoms with van der Waals surface area (Å²) in [4.78, 5) is 4.21. The highest BCUT2D eigenvalue weighted by Gasteiger charge is 2.32. The number of aliphatic hydroxyl groups is 1. The fourth-order valence-electron chi connectivity index (χ4n) is 1.84.